The second kappa shape index (κ2) is 8.71. The first-order chi connectivity index (χ1) is 15.8. The molecule has 1 atom stereocenters. The first kappa shape index (κ1) is 22.0. The molecular weight excluding hydrogens is 451 g/mol. The molecule has 1 unspecified atom stereocenters. The third-order valence-corrected chi connectivity index (χ3v) is 5.91. The topological polar surface area (TPSA) is 133 Å². The summed E-state index contributed by atoms with van der Waals surface area (Å²) in [6.07, 6.45) is 0. The second-order valence-electron chi connectivity index (χ2n) is 7.01. The van der Waals surface area contributed by atoms with Crippen molar-refractivity contribution >= 4 is 39.8 Å². The third-order valence-electron chi connectivity index (χ3n) is 4.97. The minimum absolute atomic E-state index is 0.0402. The molecule has 0 aliphatic carbocycles. The number of aromatic nitrogens is 2. The number of nitrogens with zero attached hydrogens (tertiary/aromatic N) is 1. The number of aromatic amines is 1. The number of nitrogens with one attached hydrogen (secondary N) is 3. The van der Waals surface area contributed by atoms with Crippen LogP contribution in [0.5, 0.6) is 0 Å². The molecule has 2 heterocycles. The van der Waals surface area contributed by atoms with Gasteiger partial charge >= 0.3 is 11.7 Å². The number of halogens is 1. The lowest BCUT2D eigenvalue weighted by molar-refractivity contribution is -0.139. The van der Waals surface area contributed by atoms with E-state index in [1.165, 1.54) is 48.7 Å². The first-order valence-electron chi connectivity index (χ1n) is 9.64. The molecule has 0 radical (unpaired) electrons. The molecule has 2 aromatic carbocycles. The van der Waals surface area contributed by atoms with Gasteiger partial charge < -0.3 is 20.7 Å². The summed E-state index contributed by atoms with van der Waals surface area (Å²) in [5.41, 5.74) is -1.17. The van der Waals surface area contributed by atoms with Crippen LogP contribution in [0.25, 0.3) is 16.6 Å². The molecule has 9 nitrogen and oxygen atoms in total. The number of carbonyl (C=O) groups excluding carboxylic acids is 1. The molecule has 0 bridgehead atoms. The van der Waals surface area contributed by atoms with E-state index in [0.717, 1.165) is 10.6 Å². The number of fused-ring (bicyclic) bond motifs is 1. The average molecular weight is 468 g/mol. The van der Waals surface area contributed by atoms with Crippen molar-refractivity contribution in [3.8, 4) is 5.69 Å². The number of hydrogen-bond donors (Lipinski definition) is 4. The molecule has 4 N–H and O–H groups in total. The number of H-pyrrole nitrogens is 1. The van der Waals surface area contributed by atoms with Crippen molar-refractivity contribution in [2.24, 2.45) is 0 Å². The summed E-state index contributed by atoms with van der Waals surface area (Å²) in [5, 5.41) is 16.2. The predicted molar refractivity (Wildman–Crippen MR) is 122 cm³/mol. The zero-order valence-corrected chi connectivity index (χ0v) is 17.9. The highest BCUT2D eigenvalue weighted by atomic mass is 32.1. The number of thiophene rings is 1. The first-order valence-corrected chi connectivity index (χ1v) is 10.5. The van der Waals surface area contributed by atoms with Crippen molar-refractivity contribution in [2.45, 2.75) is 6.04 Å². The van der Waals surface area contributed by atoms with Crippen molar-refractivity contribution in [1.82, 2.24) is 14.9 Å². The van der Waals surface area contributed by atoms with Crippen LogP contribution in [0.1, 0.15) is 21.3 Å². The Hall–Kier alpha value is -4.25. The highest BCUT2D eigenvalue weighted by Gasteiger charge is 2.24. The quantitative estimate of drug-likeness (QED) is 0.344. The van der Waals surface area contributed by atoms with Crippen LogP contribution < -0.4 is 21.9 Å². The van der Waals surface area contributed by atoms with E-state index in [0.29, 0.717) is 4.88 Å². The molecular formula is C22H17FN4O5S. The van der Waals surface area contributed by atoms with Crippen LogP contribution in [0.15, 0.2) is 63.5 Å². The van der Waals surface area contributed by atoms with Gasteiger partial charge in [-0.3, -0.25) is 9.59 Å². The van der Waals surface area contributed by atoms with Gasteiger partial charge in [0.15, 0.2) is 6.04 Å². The Kier molecular flexibility index (Phi) is 5.80. The molecule has 0 fully saturated rings. The van der Waals surface area contributed by atoms with Crippen LogP contribution in [0, 0.1) is 5.82 Å². The minimum Gasteiger partial charge on any atom is -0.479 e. The molecule has 0 aliphatic heterocycles. The molecule has 0 spiro atoms. The van der Waals surface area contributed by atoms with Gasteiger partial charge in [-0.05, 0) is 41.8 Å². The van der Waals surface area contributed by atoms with Crippen molar-refractivity contribution in [3.63, 3.8) is 0 Å². The maximum Gasteiger partial charge on any atom is 0.333 e. The molecule has 0 saturated heterocycles. The van der Waals surface area contributed by atoms with E-state index in [1.54, 1.807) is 17.5 Å². The Morgan fingerprint density at radius 2 is 1.94 bits per heavy atom. The summed E-state index contributed by atoms with van der Waals surface area (Å²) >= 11 is 1.18. The highest BCUT2D eigenvalue weighted by Crippen LogP contribution is 2.21. The van der Waals surface area contributed by atoms with E-state index in [1.807, 2.05) is 0 Å². The fourth-order valence-corrected chi connectivity index (χ4v) is 4.14. The monoisotopic (exact) mass is 468 g/mol. The van der Waals surface area contributed by atoms with Crippen LogP contribution in [0.2, 0.25) is 0 Å². The molecule has 4 rings (SSSR count). The Labute approximate surface area is 189 Å². The largest absolute Gasteiger partial charge is 0.479 e. The number of carbonyl (C=O) groups is 2. The molecule has 11 heteroatoms. The minimum atomic E-state index is -1.25. The van der Waals surface area contributed by atoms with E-state index in [9.17, 15) is 28.7 Å². The number of anilines is 1. The molecule has 0 aliphatic rings. The van der Waals surface area contributed by atoms with E-state index in [2.05, 4.69) is 15.6 Å². The van der Waals surface area contributed by atoms with E-state index >= 15 is 0 Å². The van der Waals surface area contributed by atoms with E-state index < -0.39 is 35.0 Å². The van der Waals surface area contributed by atoms with Gasteiger partial charge in [-0.15, -0.1) is 11.3 Å². The fraction of sp³-hybridized carbons (Fsp3) is 0.0909. The number of rotatable bonds is 6. The second-order valence-corrected chi connectivity index (χ2v) is 7.99. The SMILES string of the molecule is CNc1cc2[nH]c(=O)n(-c3cccc(C(=O)NC(C(=O)O)c4cccs4)c3)c(=O)c2cc1F. The predicted octanol–water partition coefficient (Wildman–Crippen LogP) is 2.48. The maximum atomic E-state index is 14.2. The number of amides is 1. The Morgan fingerprint density at radius 1 is 1.15 bits per heavy atom. The Morgan fingerprint density at radius 3 is 2.61 bits per heavy atom. The summed E-state index contributed by atoms with van der Waals surface area (Å²) in [5.74, 6) is -2.60. The fourth-order valence-electron chi connectivity index (χ4n) is 3.37. The molecule has 0 saturated carbocycles. The average Bonchev–Trinajstić information content (AvgIpc) is 3.32. The van der Waals surface area contributed by atoms with Crippen LogP contribution >= 0.6 is 11.3 Å². The zero-order chi connectivity index (χ0) is 23.7. The van der Waals surface area contributed by atoms with Gasteiger partial charge in [-0.25, -0.2) is 18.5 Å². The molecule has 1 amide bonds. The maximum absolute atomic E-state index is 14.2. The number of benzene rings is 2. The summed E-state index contributed by atoms with van der Waals surface area (Å²) in [6, 6.07) is 9.93. The van der Waals surface area contributed by atoms with Crippen LogP contribution in [-0.2, 0) is 4.79 Å². The molecule has 168 valence electrons. The summed E-state index contributed by atoms with van der Waals surface area (Å²) in [4.78, 5) is 53.0. The number of hydrogen-bond acceptors (Lipinski definition) is 6. The van der Waals surface area contributed by atoms with Crippen molar-refractivity contribution < 1.29 is 19.1 Å². The van der Waals surface area contributed by atoms with Gasteiger partial charge in [0.2, 0.25) is 0 Å². The van der Waals surface area contributed by atoms with E-state index in [4.69, 9.17) is 0 Å². The van der Waals surface area contributed by atoms with Crippen molar-refractivity contribution in [1.29, 1.82) is 0 Å². The van der Waals surface area contributed by atoms with Crippen molar-refractivity contribution in [2.75, 3.05) is 12.4 Å². The Balaban J connectivity index is 1.75. The summed E-state index contributed by atoms with van der Waals surface area (Å²) in [6.45, 7) is 0. The van der Waals surface area contributed by atoms with Crippen LogP contribution in [-0.4, -0.2) is 33.6 Å². The van der Waals surface area contributed by atoms with Crippen molar-refractivity contribution in [3.05, 3.63) is 91.0 Å². The standard InChI is InChI=1S/C22H17FN4O5S/c1-24-16-10-15-13(9-14(16)23)20(29)27(22(32)25-15)12-5-2-4-11(8-12)19(28)26-18(21(30)31)17-6-3-7-33-17/h2-10,18,24H,1H3,(H,25,32)(H,26,28)(H,30,31). The smallest absolute Gasteiger partial charge is 0.333 e. The molecule has 4 aromatic rings. The van der Waals surface area contributed by atoms with Gasteiger partial charge in [0.1, 0.15) is 5.82 Å². The lowest BCUT2D eigenvalue weighted by Gasteiger charge is -2.14. The van der Waals surface area contributed by atoms with Crippen LogP contribution in [0.4, 0.5) is 10.1 Å². The lowest BCUT2D eigenvalue weighted by Crippen LogP contribution is -2.35. The third kappa shape index (κ3) is 4.13. The number of carboxylic acids is 1. The van der Waals surface area contributed by atoms with Gasteiger partial charge in [0, 0.05) is 17.5 Å². The van der Waals surface area contributed by atoms with E-state index in [-0.39, 0.29) is 27.8 Å². The molecule has 33 heavy (non-hydrogen) atoms. The van der Waals surface area contributed by atoms with Gasteiger partial charge in [0.05, 0.1) is 22.3 Å². The summed E-state index contributed by atoms with van der Waals surface area (Å²) < 4.78 is 15.0. The number of aliphatic carboxylic acids is 1. The van der Waals surface area contributed by atoms with Gasteiger partial charge in [0.25, 0.3) is 11.5 Å². The Bertz CT molecular complexity index is 1490. The zero-order valence-electron chi connectivity index (χ0n) is 17.1. The van der Waals surface area contributed by atoms with Gasteiger partial charge in [-0.2, -0.15) is 0 Å². The van der Waals surface area contributed by atoms with Crippen LogP contribution in [0.3, 0.4) is 0 Å². The normalized spacial score (nSPS) is 11.8. The highest BCUT2D eigenvalue weighted by molar-refractivity contribution is 7.10. The molecule has 2 aromatic heterocycles. The number of carboxylic acid groups (broad SMARTS) is 1. The van der Waals surface area contributed by atoms with Gasteiger partial charge in [-0.1, -0.05) is 12.1 Å². The lowest BCUT2D eigenvalue weighted by atomic mass is 10.1. The summed E-state index contributed by atoms with van der Waals surface area (Å²) in [7, 11) is 1.51.